The fourth-order valence-corrected chi connectivity index (χ4v) is 4.69. The van der Waals surface area contributed by atoms with Gasteiger partial charge in [0.05, 0.1) is 27.9 Å². The lowest BCUT2D eigenvalue weighted by Crippen LogP contribution is -2.31. The molecule has 1 atom stereocenters. The van der Waals surface area contributed by atoms with Crippen molar-refractivity contribution in [1.82, 2.24) is 0 Å². The molecule has 2 aliphatic rings. The predicted octanol–water partition coefficient (Wildman–Crippen LogP) is 4.97. The first kappa shape index (κ1) is 18.3. The van der Waals surface area contributed by atoms with Gasteiger partial charge in [0.1, 0.15) is 12.4 Å². The molecule has 5 rings (SSSR count). The van der Waals surface area contributed by atoms with E-state index in [1.54, 1.807) is 11.0 Å². The maximum Gasteiger partial charge on any atom is 0.267 e. The summed E-state index contributed by atoms with van der Waals surface area (Å²) in [6.45, 7) is 0.334. The zero-order valence-corrected chi connectivity index (χ0v) is 16.7. The highest BCUT2D eigenvalue weighted by Gasteiger charge is 2.42. The molecule has 0 unspecified atom stereocenters. The first-order chi connectivity index (χ1) is 14.7. The van der Waals surface area contributed by atoms with E-state index in [0.717, 1.165) is 22.5 Å². The molecule has 1 N–H and O–H groups in total. The third-order valence-electron chi connectivity index (χ3n) is 5.06. The van der Waals surface area contributed by atoms with Crippen LogP contribution in [-0.4, -0.2) is 11.4 Å². The second-order valence-electron chi connectivity index (χ2n) is 6.94. The van der Waals surface area contributed by atoms with E-state index in [2.05, 4.69) is 11.4 Å². The lowest BCUT2D eigenvalue weighted by Gasteiger charge is -2.12. The number of nitrogens with one attached hydrogen (secondary N) is 1. The normalized spacial score (nSPS) is 18.0. The summed E-state index contributed by atoms with van der Waals surface area (Å²) in [7, 11) is 0. The molecule has 2 aliphatic heterocycles. The van der Waals surface area contributed by atoms with E-state index in [1.807, 2.05) is 72.8 Å². The van der Waals surface area contributed by atoms with Gasteiger partial charge >= 0.3 is 0 Å². The van der Waals surface area contributed by atoms with Gasteiger partial charge in [0.15, 0.2) is 5.50 Å². The van der Waals surface area contributed by atoms with E-state index >= 15 is 0 Å². The molecule has 0 aromatic heterocycles. The number of benzene rings is 3. The number of amides is 1. The number of hydrogen-bond donors (Lipinski definition) is 1. The van der Waals surface area contributed by atoms with Gasteiger partial charge in [-0.3, -0.25) is 9.69 Å². The van der Waals surface area contributed by atoms with Crippen LogP contribution in [0.4, 0.5) is 11.4 Å². The molecule has 0 bridgehead atoms. The third kappa shape index (κ3) is 3.30. The standard InChI is InChI=1S/C24H17N3O2S/c25-14-17-5-1-2-6-18(17)15-29-19-11-9-16(10-12-19)13-22-23(28)27-21-8-4-3-7-20(21)26-24(27)30-22/h1-13,24,26H,15H2/b22-13-/t24-/m0/s1. The molecule has 30 heavy (non-hydrogen) atoms. The molecule has 6 heteroatoms. The Kier molecular flexibility index (Phi) is 4.66. The minimum atomic E-state index is -0.0936. The number of carbonyl (C=O) groups is 1. The summed E-state index contributed by atoms with van der Waals surface area (Å²) < 4.78 is 5.82. The van der Waals surface area contributed by atoms with Crippen LogP contribution in [0, 0.1) is 11.3 Å². The molecule has 3 aromatic carbocycles. The molecule has 3 aromatic rings. The average molecular weight is 411 g/mol. The lowest BCUT2D eigenvalue weighted by molar-refractivity contribution is -0.114. The van der Waals surface area contributed by atoms with E-state index < -0.39 is 0 Å². The van der Waals surface area contributed by atoms with Crippen LogP contribution in [0.3, 0.4) is 0 Å². The number of ether oxygens (including phenoxy) is 1. The third-order valence-corrected chi connectivity index (χ3v) is 6.15. The molecule has 5 nitrogen and oxygen atoms in total. The van der Waals surface area contributed by atoms with E-state index in [4.69, 9.17) is 4.74 Å². The summed E-state index contributed by atoms with van der Waals surface area (Å²) in [5.41, 5.74) is 4.22. The first-order valence-electron chi connectivity index (χ1n) is 9.51. The van der Waals surface area contributed by atoms with Gasteiger partial charge in [-0.15, -0.1) is 0 Å². The Balaban J connectivity index is 1.28. The molecule has 0 radical (unpaired) electrons. The second kappa shape index (κ2) is 7.62. The van der Waals surface area contributed by atoms with Gasteiger partial charge in [-0.05, 0) is 42.0 Å². The van der Waals surface area contributed by atoms with Gasteiger partial charge in [0.25, 0.3) is 5.91 Å². The molecular weight excluding hydrogens is 394 g/mol. The van der Waals surface area contributed by atoms with Crippen LogP contribution in [0.1, 0.15) is 16.7 Å². The Morgan fingerprint density at radius 1 is 1.07 bits per heavy atom. The summed E-state index contributed by atoms with van der Waals surface area (Å²) in [6.07, 6.45) is 1.91. The highest BCUT2D eigenvalue weighted by molar-refractivity contribution is 8.05. The highest BCUT2D eigenvalue weighted by atomic mass is 32.2. The molecule has 0 spiro atoms. The van der Waals surface area contributed by atoms with E-state index in [-0.39, 0.29) is 11.4 Å². The van der Waals surface area contributed by atoms with Crippen molar-refractivity contribution in [3.63, 3.8) is 0 Å². The summed E-state index contributed by atoms with van der Waals surface area (Å²) in [5, 5.41) is 12.6. The number of nitrogens with zero attached hydrogens (tertiary/aromatic N) is 2. The summed E-state index contributed by atoms with van der Waals surface area (Å²) in [4.78, 5) is 15.4. The van der Waals surface area contributed by atoms with Crippen molar-refractivity contribution >= 4 is 35.1 Å². The number of fused-ring (bicyclic) bond motifs is 3. The summed E-state index contributed by atoms with van der Waals surface area (Å²) in [5.74, 6) is 0.724. The fourth-order valence-electron chi connectivity index (χ4n) is 3.54. The van der Waals surface area contributed by atoms with Crippen LogP contribution in [-0.2, 0) is 11.4 Å². The molecule has 1 saturated heterocycles. The maximum atomic E-state index is 12.9. The van der Waals surface area contributed by atoms with Gasteiger partial charge in [0.2, 0.25) is 0 Å². The minimum absolute atomic E-state index is 0.0101. The van der Waals surface area contributed by atoms with E-state index in [9.17, 15) is 10.1 Å². The number of para-hydroxylation sites is 2. The Morgan fingerprint density at radius 2 is 1.83 bits per heavy atom. The number of hydrogen-bond acceptors (Lipinski definition) is 5. The SMILES string of the molecule is N#Cc1ccccc1COc1ccc(/C=C2\S[C@H]3Nc4ccccc4N3C2=O)cc1. The minimum Gasteiger partial charge on any atom is -0.489 e. The van der Waals surface area contributed by atoms with Gasteiger partial charge in [-0.25, -0.2) is 0 Å². The van der Waals surface area contributed by atoms with Crippen LogP contribution in [0.5, 0.6) is 5.75 Å². The van der Waals surface area contributed by atoms with Crippen LogP contribution < -0.4 is 15.0 Å². The fraction of sp³-hybridized carbons (Fsp3) is 0.0833. The Bertz CT molecular complexity index is 1200. The number of nitriles is 1. The zero-order valence-electron chi connectivity index (χ0n) is 15.9. The van der Waals surface area contributed by atoms with E-state index in [1.165, 1.54) is 11.8 Å². The zero-order chi connectivity index (χ0) is 20.5. The highest BCUT2D eigenvalue weighted by Crippen LogP contribution is 2.46. The molecule has 0 saturated carbocycles. The van der Waals surface area contributed by atoms with Crippen LogP contribution in [0.15, 0.2) is 77.7 Å². The van der Waals surface area contributed by atoms with Crippen LogP contribution >= 0.6 is 11.8 Å². The van der Waals surface area contributed by atoms with Crippen molar-refractivity contribution in [2.45, 2.75) is 12.1 Å². The summed E-state index contributed by atoms with van der Waals surface area (Å²) in [6, 6.07) is 25.0. The van der Waals surface area contributed by atoms with Crippen molar-refractivity contribution in [3.8, 4) is 11.8 Å². The van der Waals surface area contributed by atoms with Crippen LogP contribution in [0.25, 0.3) is 6.08 Å². The Labute approximate surface area is 178 Å². The van der Waals surface area contributed by atoms with Crippen molar-refractivity contribution in [2.24, 2.45) is 0 Å². The number of carbonyl (C=O) groups excluding carboxylic acids is 1. The van der Waals surface area contributed by atoms with Crippen molar-refractivity contribution < 1.29 is 9.53 Å². The Hall–Kier alpha value is -3.69. The lowest BCUT2D eigenvalue weighted by atomic mass is 10.1. The van der Waals surface area contributed by atoms with Crippen molar-refractivity contribution in [3.05, 3.63) is 94.4 Å². The van der Waals surface area contributed by atoms with Crippen molar-refractivity contribution in [2.75, 3.05) is 10.2 Å². The number of rotatable bonds is 4. The molecular formula is C24H17N3O2S. The second-order valence-corrected chi connectivity index (χ2v) is 8.06. The smallest absolute Gasteiger partial charge is 0.267 e. The van der Waals surface area contributed by atoms with Gasteiger partial charge in [-0.2, -0.15) is 5.26 Å². The maximum absolute atomic E-state index is 12.9. The van der Waals surface area contributed by atoms with Gasteiger partial charge in [0, 0.05) is 5.56 Å². The quantitative estimate of drug-likeness (QED) is 0.614. The van der Waals surface area contributed by atoms with Gasteiger partial charge < -0.3 is 10.1 Å². The summed E-state index contributed by atoms with van der Waals surface area (Å²) >= 11 is 1.52. The van der Waals surface area contributed by atoms with Crippen molar-refractivity contribution in [1.29, 1.82) is 5.26 Å². The molecule has 1 fully saturated rings. The molecule has 2 heterocycles. The topological polar surface area (TPSA) is 65.4 Å². The van der Waals surface area contributed by atoms with Gasteiger partial charge in [-0.1, -0.05) is 54.2 Å². The molecule has 1 amide bonds. The monoisotopic (exact) mass is 411 g/mol. The average Bonchev–Trinajstić information content (AvgIpc) is 3.29. The molecule has 146 valence electrons. The Morgan fingerprint density at radius 3 is 2.67 bits per heavy atom. The first-order valence-corrected chi connectivity index (χ1v) is 10.4. The molecule has 0 aliphatic carbocycles. The predicted molar refractivity (Wildman–Crippen MR) is 119 cm³/mol. The largest absolute Gasteiger partial charge is 0.489 e. The van der Waals surface area contributed by atoms with E-state index in [0.29, 0.717) is 22.8 Å². The van der Waals surface area contributed by atoms with Crippen LogP contribution in [0.2, 0.25) is 0 Å². The number of thioether (sulfide) groups is 1. The number of anilines is 2.